The molecule has 0 bridgehead atoms. The second kappa shape index (κ2) is 5.15. The molecule has 0 spiro atoms. The zero-order valence-electron chi connectivity index (χ0n) is 11.0. The highest BCUT2D eigenvalue weighted by Crippen LogP contribution is 2.36. The number of nitro groups is 1. The SMILES string of the molecule is Cc1cccc([N+](=O)[O-])c1Oc1nc2sccn2c1CO. The van der Waals surface area contributed by atoms with Gasteiger partial charge < -0.3 is 9.84 Å². The number of imidazole rings is 1. The van der Waals surface area contributed by atoms with E-state index in [9.17, 15) is 15.2 Å². The van der Waals surface area contributed by atoms with Crippen LogP contribution in [0.3, 0.4) is 0 Å². The van der Waals surface area contributed by atoms with E-state index in [2.05, 4.69) is 4.98 Å². The summed E-state index contributed by atoms with van der Waals surface area (Å²) >= 11 is 1.39. The van der Waals surface area contributed by atoms with Gasteiger partial charge in [0.2, 0.25) is 11.6 Å². The van der Waals surface area contributed by atoms with Crippen LogP contribution >= 0.6 is 11.3 Å². The van der Waals surface area contributed by atoms with Gasteiger partial charge in [0.15, 0.2) is 4.96 Å². The molecule has 3 aromatic rings. The fourth-order valence-electron chi connectivity index (χ4n) is 2.05. The third-order valence-electron chi connectivity index (χ3n) is 3.06. The van der Waals surface area contributed by atoms with Gasteiger partial charge in [-0.1, -0.05) is 12.1 Å². The van der Waals surface area contributed by atoms with Crippen LogP contribution in [-0.2, 0) is 6.61 Å². The average Bonchev–Trinajstić information content (AvgIpc) is 3.00. The van der Waals surface area contributed by atoms with E-state index < -0.39 is 4.92 Å². The van der Waals surface area contributed by atoms with E-state index in [-0.39, 0.29) is 23.9 Å². The molecule has 2 heterocycles. The highest BCUT2D eigenvalue weighted by Gasteiger charge is 2.21. The zero-order valence-corrected chi connectivity index (χ0v) is 11.8. The molecule has 108 valence electrons. The molecule has 0 saturated heterocycles. The minimum absolute atomic E-state index is 0.129. The molecule has 7 nitrogen and oxygen atoms in total. The lowest BCUT2D eigenvalue weighted by Crippen LogP contribution is -1.98. The zero-order chi connectivity index (χ0) is 15.0. The first-order chi connectivity index (χ1) is 10.1. The lowest BCUT2D eigenvalue weighted by Gasteiger charge is -2.07. The van der Waals surface area contributed by atoms with Crippen LogP contribution in [0.15, 0.2) is 29.8 Å². The molecule has 0 fully saturated rings. The number of fused-ring (bicyclic) bond motifs is 1. The van der Waals surface area contributed by atoms with Crippen molar-refractivity contribution in [3.8, 4) is 11.6 Å². The largest absolute Gasteiger partial charge is 0.430 e. The first kappa shape index (κ1) is 13.5. The smallest absolute Gasteiger partial charge is 0.311 e. The summed E-state index contributed by atoms with van der Waals surface area (Å²) in [4.78, 5) is 15.5. The number of benzene rings is 1. The highest BCUT2D eigenvalue weighted by atomic mass is 32.1. The van der Waals surface area contributed by atoms with Crippen molar-refractivity contribution in [1.82, 2.24) is 9.38 Å². The molecule has 1 N–H and O–H groups in total. The van der Waals surface area contributed by atoms with E-state index in [0.29, 0.717) is 16.2 Å². The van der Waals surface area contributed by atoms with Crippen molar-refractivity contribution < 1.29 is 14.8 Å². The van der Waals surface area contributed by atoms with E-state index in [0.717, 1.165) is 0 Å². The van der Waals surface area contributed by atoms with Crippen LogP contribution in [0.4, 0.5) is 5.69 Å². The number of aryl methyl sites for hydroxylation is 1. The maximum absolute atomic E-state index is 11.1. The van der Waals surface area contributed by atoms with E-state index in [1.807, 2.05) is 5.38 Å². The van der Waals surface area contributed by atoms with E-state index in [1.165, 1.54) is 17.4 Å². The number of aliphatic hydroxyl groups is 1. The van der Waals surface area contributed by atoms with Gasteiger partial charge in [-0.3, -0.25) is 14.5 Å². The number of aliphatic hydroxyl groups excluding tert-OH is 1. The third kappa shape index (κ3) is 2.24. The molecular weight excluding hydrogens is 294 g/mol. The number of nitrogens with zero attached hydrogens (tertiary/aromatic N) is 3. The summed E-state index contributed by atoms with van der Waals surface area (Å²) in [5.41, 5.74) is 0.962. The fraction of sp³-hybridized carbons (Fsp3) is 0.154. The normalized spacial score (nSPS) is 11.0. The molecule has 3 rings (SSSR count). The Morgan fingerprint density at radius 2 is 2.33 bits per heavy atom. The van der Waals surface area contributed by atoms with E-state index in [1.54, 1.807) is 29.7 Å². The van der Waals surface area contributed by atoms with Crippen molar-refractivity contribution in [2.75, 3.05) is 0 Å². The van der Waals surface area contributed by atoms with Crippen molar-refractivity contribution in [3.05, 3.63) is 51.1 Å². The number of ether oxygens (including phenoxy) is 1. The van der Waals surface area contributed by atoms with Crippen LogP contribution in [0.5, 0.6) is 11.6 Å². The Balaban J connectivity index is 2.10. The number of para-hydroxylation sites is 1. The monoisotopic (exact) mass is 305 g/mol. The van der Waals surface area contributed by atoms with Crippen LogP contribution < -0.4 is 4.74 Å². The Morgan fingerprint density at radius 1 is 1.52 bits per heavy atom. The Morgan fingerprint density at radius 3 is 3.05 bits per heavy atom. The molecule has 0 amide bonds. The topological polar surface area (TPSA) is 89.9 Å². The summed E-state index contributed by atoms with van der Waals surface area (Å²) in [6, 6.07) is 4.69. The van der Waals surface area contributed by atoms with Gasteiger partial charge in [-0.25, -0.2) is 0 Å². The molecule has 0 aliphatic rings. The number of nitro benzene ring substituents is 1. The predicted molar refractivity (Wildman–Crippen MR) is 76.9 cm³/mol. The van der Waals surface area contributed by atoms with Gasteiger partial charge in [0.25, 0.3) is 0 Å². The van der Waals surface area contributed by atoms with Crippen LogP contribution in [0.25, 0.3) is 4.96 Å². The van der Waals surface area contributed by atoms with Crippen LogP contribution in [0.1, 0.15) is 11.3 Å². The third-order valence-corrected chi connectivity index (χ3v) is 3.82. The Hall–Kier alpha value is -2.45. The summed E-state index contributed by atoms with van der Waals surface area (Å²) < 4.78 is 7.34. The molecule has 21 heavy (non-hydrogen) atoms. The molecule has 0 aliphatic heterocycles. The summed E-state index contributed by atoms with van der Waals surface area (Å²) in [5, 5.41) is 22.4. The number of hydrogen-bond acceptors (Lipinski definition) is 6. The maximum atomic E-state index is 11.1. The summed E-state index contributed by atoms with van der Waals surface area (Å²) in [7, 11) is 0. The molecule has 0 radical (unpaired) electrons. The number of thiazole rings is 1. The number of hydrogen-bond donors (Lipinski definition) is 1. The summed E-state index contributed by atoms with van der Waals surface area (Å²) in [5.74, 6) is 0.324. The summed E-state index contributed by atoms with van der Waals surface area (Å²) in [6.07, 6.45) is 1.76. The molecule has 0 aliphatic carbocycles. The van der Waals surface area contributed by atoms with Gasteiger partial charge >= 0.3 is 5.69 Å². The van der Waals surface area contributed by atoms with Crippen molar-refractivity contribution in [1.29, 1.82) is 0 Å². The number of aromatic nitrogens is 2. The van der Waals surface area contributed by atoms with Crippen molar-refractivity contribution in [2.45, 2.75) is 13.5 Å². The predicted octanol–water partition coefficient (Wildman–Crippen LogP) is 2.90. The van der Waals surface area contributed by atoms with Gasteiger partial charge in [0.1, 0.15) is 5.69 Å². The lowest BCUT2D eigenvalue weighted by atomic mass is 10.2. The Kier molecular flexibility index (Phi) is 3.32. The molecule has 8 heteroatoms. The second-order valence-electron chi connectivity index (χ2n) is 4.36. The molecule has 0 atom stereocenters. The van der Waals surface area contributed by atoms with Gasteiger partial charge in [-0.15, -0.1) is 11.3 Å². The minimum atomic E-state index is -0.501. The standard InChI is InChI=1S/C13H11N3O4S/c1-8-3-2-4-9(16(18)19)11(8)20-12-10(7-17)15-5-6-21-13(15)14-12/h2-6,17H,7H2,1H3. The molecule has 0 saturated carbocycles. The van der Waals surface area contributed by atoms with Crippen molar-refractivity contribution in [3.63, 3.8) is 0 Å². The lowest BCUT2D eigenvalue weighted by molar-refractivity contribution is -0.385. The van der Waals surface area contributed by atoms with Crippen LogP contribution in [-0.4, -0.2) is 19.4 Å². The van der Waals surface area contributed by atoms with Gasteiger partial charge in [0.05, 0.1) is 11.5 Å². The maximum Gasteiger partial charge on any atom is 0.311 e. The molecule has 1 aromatic carbocycles. The Labute approximate surface area is 123 Å². The van der Waals surface area contributed by atoms with Crippen LogP contribution in [0.2, 0.25) is 0 Å². The van der Waals surface area contributed by atoms with Gasteiger partial charge in [0, 0.05) is 17.6 Å². The fourth-order valence-corrected chi connectivity index (χ4v) is 2.77. The van der Waals surface area contributed by atoms with E-state index in [4.69, 9.17) is 4.74 Å². The first-order valence-corrected chi connectivity index (χ1v) is 6.97. The van der Waals surface area contributed by atoms with Crippen LogP contribution in [0, 0.1) is 17.0 Å². The quantitative estimate of drug-likeness (QED) is 0.591. The van der Waals surface area contributed by atoms with Crippen molar-refractivity contribution >= 4 is 22.0 Å². The summed E-state index contributed by atoms with van der Waals surface area (Å²) in [6.45, 7) is 1.45. The molecular formula is C13H11N3O4S. The molecule has 0 unspecified atom stereocenters. The van der Waals surface area contributed by atoms with E-state index >= 15 is 0 Å². The number of rotatable bonds is 4. The molecule has 2 aromatic heterocycles. The highest BCUT2D eigenvalue weighted by molar-refractivity contribution is 7.15. The average molecular weight is 305 g/mol. The Bertz CT molecular complexity index is 824. The van der Waals surface area contributed by atoms with Gasteiger partial charge in [-0.2, -0.15) is 4.98 Å². The van der Waals surface area contributed by atoms with Crippen molar-refractivity contribution in [2.24, 2.45) is 0 Å². The second-order valence-corrected chi connectivity index (χ2v) is 5.23. The first-order valence-electron chi connectivity index (χ1n) is 6.09. The van der Waals surface area contributed by atoms with Gasteiger partial charge in [-0.05, 0) is 12.5 Å². The minimum Gasteiger partial charge on any atom is -0.430 e.